The minimum Gasteiger partial charge on any atom is -0.292 e. The Morgan fingerprint density at radius 3 is 3.00 bits per heavy atom. The third kappa shape index (κ3) is 0.903. The lowest BCUT2D eigenvalue weighted by atomic mass is 10.5. The van der Waals surface area contributed by atoms with Crippen LogP contribution in [0.2, 0.25) is 0 Å². The minimum atomic E-state index is -0.528. The molecule has 2 rings (SSSR count). The summed E-state index contributed by atoms with van der Waals surface area (Å²) in [5, 5.41) is 0.251. The van der Waals surface area contributed by atoms with Gasteiger partial charge < -0.3 is 0 Å². The van der Waals surface area contributed by atoms with Gasteiger partial charge in [-0.1, -0.05) is 6.07 Å². The Balaban J connectivity index is 2.92. The molecule has 0 aliphatic heterocycles. The average Bonchev–Trinajstić information content (AvgIpc) is 2.30. The van der Waals surface area contributed by atoms with E-state index in [0.29, 0.717) is 5.65 Å². The molecule has 0 radical (unpaired) electrons. The maximum Gasteiger partial charge on any atom is 0.245 e. The van der Waals surface area contributed by atoms with Gasteiger partial charge in [-0.05, 0) is 12.1 Å². The molecule has 0 bridgehead atoms. The zero-order valence-corrected chi connectivity index (χ0v) is 6.42. The topological polar surface area (TPSA) is 17.3 Å². The van der Waals surface area contributed by atoms with E-state index in [2.05, 4.69) is 17.6 Å². The first kappa shape index (κ1) is 6.67. The Bertz CT molecular complexity index is 396. The van der Waals surface area contributed by atoms with E-state index in [4.69, 9.17) is 0 Å². The van der Waals surface area contributed by atoms with E-state index in [1.165, 1.54) is 0 Å². The zero-order valence-electron chi connectivity index (χ0n) is 5.53. The number of imidazole rings is 1. The highest BCUT2D eigenvalue weighted by molar-refractivity contribution is 7.80. The van der Waals surface area contributed by atoms with Crippen molar-refractivity contribution in [2.45, 2.75) is 5.03 Å². The molecule has 2 nitrogen and oxygen atoms in total. The number of hydrogen-bond acceptors (Lipinski definition) is 2. The number of fused-ring (bicyclic) bond motifs is 1. The molecule has 2 aromatic rings. The Kier molecular flexibility index (Phi) is 1.35. The highest BCUT2D eigenvalue weighted by Gasteiger charge is 2.05. The summed E-state index contributed by atoms with van der Waals surface area (Å²) in [7, 11) is 0. The van der Waals surface area contributed by atoms with Crippen molar-refractivity contribution in [3.63, 3.8) is 0 Å². The van der Waals surface area contributed by atoms with Gasteiger partial charge in [-0.15, -0.1) is 12.6 Å². The fourth-order valence-corrected chi connectivity index (χ4v) is 1.17. The molecule has 0 spiro atoms. The summed E-state index contributed by atoms with van der Waals surface area (Å²) in [6, 6.07) is 5.33. The second-order valence-corrected chi connectivity index (χ2v) is 2.58. The predicted octanol–water partition coefficient (Wildman–Crippen LogP) is 1.76. The van der Waals surface area contributed by atoms with Gasteiger partial charge in [0.2, 0.25) is 5.95 Å². The van der Waals surface area contributed by atoms with E-state index >= 15 is 0 Å². The lowest BCUT2D eigenvalue weighted by Gasteiger charge is -1.90. The van der Waals surface area contributed by atoms with Crippen molar-refractivity contribution in [1.82, 2.24) is 9.38 Å². The van der Waals surface area contributed by atoms with Crippen molar-refractivity contribution in [2.24, 2.45) is 0 Å². The quantitative estimate of drug-likeness (QED) is 0.593. The highest BCUT2D eigenvalue weighted by Crippen LogP contribution is 2.13. The van der Waals surface area contributed by atoms with Gasteiger partial charge in [0.1, 0.15) is 10.7 Å². The molecule has 0 amide bonds. The molecule has 0 fully saturated rings. The SMILES string of the molecule is Fc1nc2ccccn2c1S. The molecule has 2 aromatic heterocycles. The monoisotopic (exact) mass is 168 g/mol. The standard InChI is InChI=1S/C7H5FN2S/c8-6-7(11)10-4-2-1-3-5(10)9-6/h1-4,11H. The summed E-state index contributed by atoms with van der Waals surface area (Å²) < 4.78 is 14.3. The molecule has 0 saturated heterocycles. The van der Waals surface area contributed by atoms with Gasteiger partial charge in [-0.25, -0.2) is 0 Å². The van der Waals surface area contributed by atoms with E-state index in [1.54, 1.807) is 28.8 Å². The predicted molar refractivity (Wildman–Crippen MR) is 42.4 cm³/mol. The molecule has 2 heterocycles. The number of halogens is 1. The van der Waals surface area contributed by atoms with Crippen LogP contribution in [0.25, 0.3) is 5.65 Å². The Morgan fingerprint density at radius 1 is 1.45 bits per heavy atom. The van der Waals surface area contributed by atoms with E-state index in [9.17, 15) is 4.39 Å². The summed E-state index contributed by atoms with van der Waals surface area (Å²) in [6.45, 7) is 0. The first-order valence-electron chi connectivity index (χ1n) is 3.10. The lowest BCUT2D eigenvalue weighted by Crippen LogP contribution is -1.81. The lowest BCUT2D eigenvalue weighted by molar-refractivity contribution is 0.563. The van der Waals surface area contributed by atoms with Crippen LogP contribution in [0.3, 0.4) is 0 Å². The smallest absolute Gasteiger partial charge is 0.245 e. The van der Waals surface area contributed by atoms with Crippen molar-refractivity contribution < 1.29 is 4.39 Å². The molecule has 0 atom stereocenters. The molecule has 4 heteroatoms. The van der Waals surface area contributed by atoms with Gasteiger partial charge in [0.05, 0.1) is 0 Å². The first-order valence-corrected chi connectivity index (χ1v) is 3.55. The van der Waals surface area contributed by atoms with Crippen LogP contribution < -0.4 is 0 Å². The highest BCUT2D eigenvalue weighted by atomic mass is 32.1. The molecule has 0 saturated carbocycles. The first-order chi connectivity index (χ1) is 5.29. The summed E-state index contributed by atoms with van der Waals surface area (Å²) in [5.41, 5.74) is 0.579. The fourth-order valence-electron chi connectivity index (χ4n) is 0.954. The third-order valence-corrected chi connectivity index (χ3v) is 1.86. The largest absolute Gasteiger partial charge is 0.292 e. The van der Waals surface area contributed by atoms with Crippen molar-refractivity contribution >= 4 is 18.3 Å². The number of aromatic nitrogens is 2. The van der Waals surface area contributed by atoms with Crippen LogP contribution in [0.5, 0.6) is 0 Å². The summed E-state index contributed by atoms with van der Waals surface area (Å²) >= 11 is 3.94. The van der Waals surface area contributed by atoms with Gasteiger partial charge in [-0.2, -0.15) is 9.37 Å². The van der Waals surface area contributed by atoms with Crippen molar-refractivity contribution in [2.75, 3.05) is 0 Å². The number of thiol groups is 1. The van der Waals surface area contributed by atoms with Gasteiger partial charge in [-0.3, -0.25) is 4.40 Å². The van der Waals surface area contributed by atoms with Gasteiger partial charge in [0, 0.05) is 6.20 Å². The molecule has 0 N–H and O–H groups in total. The van der Waals surface area contributed by atoms with Crippen LogP contribution in [0.4, 0.5) is 4.39 Å². The Labute approximate surface area is 68.1 Å². The maximum atomic E-state index is 12.7. The van der Waals surface area contributed by atoms with E-state index in [-0.39, 0.29) is 5.03 Å². The van der Waals surface area contributed by atoms with Crippen LogP contribution in [0.15, 0.2) is 29.4 Å². The minimum absolute atomic E-state index is 0.251. The normalized spacial score (nSPS) is 10.7. The van der Waals surface area contributed by atoms with Gasteiger partial charge in [0.25, 0.3) is 0 Å². The van der Waals surface area contributed by atoms with E-state index in [0.717, 1.165) is 0 Å². The average molecular weight is 168 g/mol. The summed E-state index contributed by atoms with van der Waals surface area (Å²) in [5.74, 6) is -0.528. The molecule has 0 aliphatic carbocycles. The van der Waals surface area contributed by atoms with Crippen molar-refractivity contribution in [3.8, 4) is 0 Å². The molecular formula is C7H5FN2S. The maximum absolute atomic E-state index is 12.7. The Hall–Kier alpha value is -1.03. The summed E-state index contributed by atoms with van der Waals surface area (Å²) in [4.78, 5) is 3.63. The van der Waals surface area contributed by atoms with Crippen molar-refractivity contribution in [3.05, 3.63) is 30.3 Å². The second kappa shape index (κ2) is 2.23. The number of nitrogens with zero attached hydrogens (tertiary/aromatic N) is 2. The van der Waals surface area contributed by atoms with Crippen LogP contribution >= 0.6 is 12.6 Å². The molecule has 0 aromatic carbocycles. The van der Waals surface area contributed by atoms with Crippen LogP contribution in [0.1, 0.15) is 0 Å². The number of pyridine rings is 1. The fraction of sp³-hybridized carbons (Fsp3) is 0. The Morgan fingerprint density at radius 2 is 2.27 bits per heavy atom. The molecular weight excluding hydrogens is 163 g/mol. The third-order valence-electron chi connectivity index (χ3n) is 1.46. The molecule has 56 valence electrons. The molecule has 0 aliphatic rings. The molecule has 11 heavy (non-hydrogen) atoms. The van der Waals surface area contributed by atoms with Crippen LogP contribution in [-0.4, -0.2) is 9.38 Å². The van der Waals surface area contributed by atoms with Crippen LogP contribution in [-0.2, 0) is 0 Å². The van der Waals surface area contributed by atoms with Crippen LogP contribution in [0, 0.1) is 5.95 Å². The zero-order chi connectivity index (χ0) is 7.84. The van der Waals surface area contributed by atoms with E-state index < -0.39 is 5.95 Å². The second-order valence-electron chi connectivity index (χ2n) is 2.16. The summed E-state index contributed by atoms with van der Waals surface area (Å²) in [6.07, 6.45) is 1.72. The van der Waals surface area contributed by atoms with Crippen molar-refractivity contribution in [1.29, 1.82) is 0 Å². The number of rotatable bonds is 0. The molecule has 0 unspecified atom stereocenters. The van der Waals surface area contributed by atoms with Gasteiger partial charge >= 0.3 is 0 Å². The van der Waals surface area contributed by atoms with E-state index in [1.807, 2.05) is 0 Å². The van der Waals surface area contributed by atoms with Gasteiger partial charge in [0.15, 0.2) is 0 Å². The number of hydrogen-bond donors (Lipinski definition) is 1.